The molecular formula is C16H14O5. The normalized spacial score (nSPS) is 10.7. The Morgan fingerprint density at radius 1 is 0.952 bits per heavy atom. The van der Waals surface area contributed by atoms with E-state index in [4.69, 9.17) is 4.74 Å². The lowest BCUT2D eigenvalue weighted by Gasteiger charge is -2.04. The van der Waals surface area contributed by atoms with E-state index in [0.717, 1.165) is 0 Å². The third-order valence-corrected chi connectivity index (χ3v) is 2.63. The molecule has 0 spiro atoms. The summed E-state index contributed by atoms with van der Waals surface area (Å²) in [6.45, 7) is 1.25. The molecular weight excluding hydrogens is 272 g/mol. The van der Waals surface area contributed by atoms with Crippen LogP contribution < -0.4 is 4.74 Å². The minimum absolute atomic E-state index is 0.0392. The van der Waals surface area contributed by atoms with Crippen LogP contribution in [0.4, 0.5) is 0 Å². The van der Waals surface area contributed by atoms with Crippen LogP contribution in [0.15, 0.2) is 36.4 Å². The number of phenolic OH excluding ortho intramolecular Hbond substituents is 3. The molecule has 0 aliphatic rings. The van der Waals surface area contributed by atoms with Gasteiger partial charge in [0.05, 0.1) is 0 Å². The smallest absolute Gasteiger partial charge is 0.308 e. The number of ether oxygens (including phenoxy) is 1. The van der Waals surface area contributed by atoms with Gasteiger partial charge in [-0.25, -0.2) is 0 Å². The average molecular weight is 286 g/mol. The molecule has 0 unspecified atom stereocenters. The van der Waals surface area contributed by atoms with Crippen LogP contribution in [0.2, 0.25) is 0 Å². The number of carbonyl (C=O) groups excluding carboxylic acids is 1. The molecule has 0 bridgehead atoms. The Hall–Kier alpha value is -2.95. The minimum atomic E-state index is -0.510. The van der Waals surface area contributed by atoms with E-state index in [0.29, 0.717) is 11.1 Å². The van der Waals surface area contributed by atoms with E-state index in [1.165, 1.54) is 37.3 Å². The predicted molar refractivity (Wildman–Crippen MR) is 78.1 cm³/mol. The average Bonchev–Trinajstić information content (AvgIpc) is 2.38. The fraction of sp³-hybridized carbons (Fsp3) is 0.0625. The highest BCUT2D eigenvalue weighted by atomic mass is 16.5. The Labute approximate surface area is 121 Å². The van der Waals surface area contributed by atoms with Gasteiger partial charge in [-0.05, 0) is 35.4 Å². The molecule has 0 fully saturated rings. The molecule has 0 amide bonds. The van der Waals surface area contributed by atoms with Crippen molar-refractivity contribution in [2.45, 2.75) is 6.92 Å². The molecule has 108 valence electrons. The first-order valence-electron chi connectivity index (χ1n) is 6.16. The van der Waals surface area contributed by atoms with Gasteiger partial charge in [0.25, 0.3) is 0 Å². The Kier molecular flexibility index (Phi) is 4.13. The number of esters is 1. The molecule has 0 atom stereocenters. The van der Waals surface area contributed by atoms with Gasteiger partial charge in [-0.1, -0.05) is 18.2 Å². The lowest BCUT2D eigenvalue weighted by molar-refractivity contribution is -0.132. The number of hydrogen-bond donors (Lipinski definition) is 3. The molecule has 5 nitrogen and oxygen atoms in total. The molecule has 2 aromatic carbocycles. The van der Waals surface area contributed by atoms with Crippen LogP contribution in [0, 0.1) is 0 Å². The number of carbonyl (C=O) groups is 1. The SMILES string of the molecule is CC(=O)Oc1ccc(/C=C/c2cc(O)cc(O)c2)cc1O. The number of hydrogen-bond acceptors (Lipinski definition) is 5. The first-order valence-corrected chi connectivity index (χ1v) is 6.16. The van der Waals surface area contributed by atoms with Gasteiger partial charge in [0.15, 0.2) is 11.5 Å². The summed E-state index contributed by atoms with van der Waals surface area (Å²) >= 11 is 0. The number of benzene rings is 2. The summed E-state index contributed by atoms with van der Waals surface area (Å²) < 4.78 is 4.82. The van der Waals surface area contributed by atoms with E-state index in [2.05, 4.69) is 0 Å². The van der Waals surface area contributed by atoms with Crippen LogP contribution in [0.5, 0.6) is 23.0 Å². The Morgan fingerprint density at radius 2 is 1.57 bits per heavy atom. The van der Waals surface area contributed by atoms with Crippen molar-refractivity contribution in [2.75, 3.05) is 0 Å². The lowest BCUT2D eigenvalue weighted by Crippen LogP contribution is -2.01. The molecule has 0 aliphatic carbocycles. The summed E-state index contributed by atoms with van der Waals surface area (Å²) in [5.74, 6) is -0.644. The van der Waals surface area contributed by atoms with E-state index in [-0.39, 0.29) is 23.0 Å². The topological polar surface area (TPSA) is 87.0 Å². The third-order valence-electron chi connectivity index (χ3n) is 2.63. The summed E-state index contributed by atoms with van der Waals surface area (Å²) in [7, 11) is 0. The van der Waals surface area contributed by atoms with E-state index in [1.807, 2.05) is 0 Å². The second-order valence-electron chi connectivity index (χ2n) is 4.44. The molecule has 0 saturated carbocycles. The molecule has 0 radical (unpaired) electrons. The second kappa shape index (κ2) is 6.00. The molecule has 0 saturated heterocycles. The highest BCUT2D eigenvalue weighted by Crippen LogP contribution is 2.28. The Balaban J connectivity index is 2.21. The van der Waals surface area contributed by atoms with Gasteiger partial charge < -0.3 is 20.1 Å². The quantitative estimate of drug-likeness (QED) is 0.459. The predicted octanol–water partition coefficient (Wildman–Crippen LogP) is 2.90. The van der Waals surface area contributed by atoms with Crippen molar-refractivity contribution < 1.29 is 24.9 Å². The zero-order chi connectivity index (χ0) is 15.4. The van der Waals surface area contributed by atoms with Crippen molar-refractivity contribution in [2.24, 2.45) is 0 Å². The van der Waals surface area contributed by atoms with Gasteiger partial charge in [0, 0.05) is 13.0 Å². The number of aromatic hydroxyl groups is 3. The van der Waals surface area contributed by atoms with Gasteiger partial charge in [-0.15, -0.1) is 0 Å². The molecule has 0 aliphatic heterocycles. The Morgan fingerprint density at radius 3 is 2.14 bits per heavy atom. The van der Waals surface area contributed by atoms with Crippen LogP contribution in [0.3, 0.4) is 0 Å². The van der Waals surface area contributed by atoms with Crippen molar-refractivity contribution in [3.63, 3.8) is 0 Å². The van der Waals surface area contributed by atoms with Crippen LogP contribution in [-0.4, -0.2) is 21.3 Å². The van der Waals surface area contributed by atoms with Crippen LogP contribution in [0.25, 0.3) is 12.2 Å². The van der Waals surface area contributed by atoms with E-state index in [9.17, 15) is 20.1 Å². The maximum absolute atomic E-state index is 10.8. The van der Waals surface area contributed by atoms with E-state index < -0.39 is 5.97 Å². The van der Waals surface area contributed by atoms with Gasteiger partial charge in [-0.3, -0.25) is 4.79 Å². The van der Waals surface area contributed by atoms with Gasteiger partial charge in [0.1, 0.15) is 11.5 Å². The summed E-state index contributed by atoms with van der Waals surface area (Å²) in [4.78, 5) is 10.8. The highest BCUT2D eigenvalue weighted by Gasteiger charge is 2.05. The minimum Gasteiger partial charge on any atom is -0.508 e. The van der Waals surface area contributed by atoms with Gasteiger partial charge in [0.2, 0.25) is 0 Å². The van der Waals surface area contributed by atoms with Crippen LogP contribution in [0.1, 0.15) is 18.1 Å². The Bertz CT molecular complexity index is 684. The van der Waals surface area contributed by atoms with Crippen molar-refractivity contribution in [1.29, 1.82) is 0 Å². The summed E-state index contributed by atoms with van der Waals surface area (Å²) in [6, 6.07) is 8.80. The highest BCUT2D eigenvalue weighted by molar-refractivity contribution is 5.74. The summed E-state index contributed by atoms with van der Waals surface area (Å²) in [5.41, 5.74) is 1.28. The van der Waals surface area contributed by atoms with Gasteiger partial charge >= 0.3 is 5.97 Å². The fourth-order valence-electron chi connectivity index (χ4n) is 1.79. The monoisotopic (exact) mass is 286 g/mol. The maximum Gasteiger partial charge on any atom is 0.308 e. The molecule has 3 N–H and O–H groups in total. The third kappa shape index (κ3) is 4.01. The first-order chi connectivity index (χ1) is 9.94. The van der Waals surface area contributed by atoms with E-state index >= 15 is 0 Å². The van der Waals surface area contributed by atoms with Crippen LogP contribution >= 0.6 is 0 Å². The van der Waals surface area contributed by atoms with Crippen molar-refractivity contribution in [3.05, 3.63) is 47.5 Å². The van der Waals surface area contributed by atoms with Crippen molar-refractivity contribution >= 4 is 18.1 Å². The largest absolute Gasteiger partial charge is 0.508 e. The molecule has 2 aromatic rings. The molecule has 0 aromatic heterocycles. The zero-order valence-corrected chi connectivity index (χ0v) is 11.3. The second-order valence-corrected chi connectivity index (χ2v) is 4.44. The van der Waals surface area contributed by atoms with Crippen molar-refractivity contribution in [3.8, 4) is 23.0 Å². The first kappa shape index (κ1) is 14.5. The summed E-state index contributed by atoms with van der Waals surface area (Å²) in [5, 5.41) is 28.5. The zero-order valence-electron chi connectivity index (χ0n) is 11.3. The summed E-state index contributed by atoms with van der Waals surface area (Å²) in [6.07, 6.45) is 3.35. The lowest BCUT2D eigenvalue weighted by atomic mass is 10.1. The molecule has 21 heavy (non-hydrogen) atoms. The number of phenols is 3. The standard InChI is InChI=1S/C16H14O5/c1-10(17)21-16-5-4-11(8-15(16)20)2-3-12-6-13(18)9-14(19)7-12/h2-9,18-20H,1H3/b3-2+. The number of rotatable bonds is 3. The maximum atomic E-state index is 10.8. The van der Waals surface area contributed by atoms with E-state index in [1.54, 1.807) is 18.2 Å². The fourth-order valence-corrected chi connectivity index (χ4v) is 1.79. The molecule has 5 heteroatoms. The van der Waals surface area contributed by atoms with Crippen molar-refractivity contribution in [1.82, 2.24) is 0 Å². The van der Waals surface area contributed by atoms with Gasteiger partial charge in [-0.2, -0.15) is 0 Å². The molecule has 2 rings (SSSR count). The van der Waals surface area contributed by atoms with Crippen LogP contribution in [-0.2, 0) is 4.79 Å². The molecule has 0 heterocycles.